The highest BCUT2D eigenvalue weighted by Gasteiger charge is 2.19. The summed E-state index contributed by atoms with van der Waals surface area (Å²) in [4.78, 5) is 10.8. The summed E-state index contributed by atoms with van der Waals surface area (Å²) in [7, 11) is -2.37. The molecule has 0 spiro atoms. The number of halogens is 1. The predicted octanol–water partition coefficient (Wildman–Crippen LogP) is 3.02. The summed E-state index contributed by atoms with van der Waals surface area (Å²) in [5.74, 6) is -0.684. The maximum atomic E-state index is 12.2. The smallest absolute Gasteiger partial charge is 0.336 e. The number of nitrogens with one attached hydrogen (secondary N) is 1. The van der Waals surface area contributed by atoms with Crippen molar-refractivity contribution in [2.45, 2.75) is 4.21 Å². The molecule has 2 N–H and O–H groups in total. The van der Waals surface area contributed by atoms with Gasteiger partial charge in [0.15, 0.2) is 0 Å². The van der Waals surface area contributed by atoms with Crippen LogP contribution in [0.1, 0.15) is 10.4 Å². The van der Waals surface area contributed by atoms with Crippen molar-refractivity contribution < 1.29 is 23.1 Å². The average molecular weight is 392 g/mol. The molecule has 6 nitrogen and oxygen atoms in total. The molecule has 0 saturated heterocycles. The van der Waals surface area contributed by atoms with Gasteiger partial charge in [0.2, 0.25) is 0 Å². The summed E-state index contributed by atoms with van der Waals surface area (Å²) in [6.45, 7) is 0. The van der Waals surface area contributed by atoms with Crippen molar-refractivity contribution in [3.8, 4) is 5.75 Å². The Morgan fingerprint density at radius 3 is 2.62 bits per heavy atom. The highest BCUT2D eigenvalue weighted by atomic mass is 79.9. The molecule has 0 aliphatic carbocycles. The summed E-state index contributed by atoms with van der Waals surface area (Å²) >= 11 is 4.09. The van der Waals surface area contributed by atoms with Crippen LogP contribution >= 0.6 is 27.3 Å². The van der Waals surface area contributed by atoms with E-state index in [0.29, 0.717) is 15.9 Å². The Labute approximate surface area is 133 Å². The molecule has 2 aromatic rings. The van der Waals surface area contributed by atoms with E-state index in [1.165, 1.54) is 18.6 Å². The standard InChI is InChI=1S/C12H10BrNO5S2/c1-19-10-4-8(13)3-9(5-10)14-21(17,18)11-2-7(6-20-11)12(15)16/h2-6,14H,1H3,(H,15,16). The number of aromatic carboxylic acids is 1. The first-order valence-electron chi connectivity index (χ1n) is 5.51. The molecular weight excluding hydrogens is 382 g/mol. The first-order chi connectivity index (χ1) is 9.81. The highest BCUT2D eigenvalue weighted by molar-refractivity contribution is 9.10. The lowest BCUT2D eigenvalue weighted by Gasteiger charge is -2.08. The molecule has 0 saturated carbocycles. The molecule has 1 aromatic heterocycles. The second kappa shape index (κ2) is 6.04. The summed E-state index contributed by atoms with van der Waals surface area (Å²) < 4.78 is 32.4. The fourth-order valence-corrected chi connectivity index (χ4v) is 4.18. The van der Waals surface area contributed by atoms with E-state index in [0.717, 1.165) is 17.4 Å². The average Bonchev–Trinajstić information content (AvgIpc) is 2.87. The Morgan fingerprint density at radius 1 is 1.33 bits per heavy atom. The van der Waals surface area contributed by atoms with Gasteiger partial charge in [-0.2, -0.15) is 0 Å². The number of anilines is 1. The van der Waals surface area contributed by atoms with Gasteiger partial charge >= 0.3 is 5.97 Å². The van der Waals surface area contributed by atoms with Gasteiger partial charge in [-0.3, -0.25) is 4.72 Å². The lowest BCUT2D eigenvalue weighted by Crippen LogP contribution is -2.11. The number of methoxy groups -OCH3 is 1. The number of benzene rings is 1. The van der Waals surface area contributed by atoms with E-state index >= 15 is 0 Å². The summed E-state index contributed by atoms with van der Waals surface area (Å²) in [5, 5.41) is 10.1. The molecule has 0 atom stereocenters. The number of carboxylic acid groups (broad SMARTS) is 1. The Hall–Kier alpha value is -1.58. The van der Waals surface area contributed by atoms with Crippen molar-refractivity contribution in [3.05, 3.63) is 39.7 Å². The molecule has 0 radical (unpaired) electrons. The lowest BCUT2D eigenvalue weighted by atomic mass is 10.3. The predicted molar refractivity (Wildman–Crippen MR) is 82.8 cm³/mol. The molecule has 112 valence electrons. The maximum absolute atomic E-state index is 12.2. The quantitative estimate of drug-likeness (QED) is 0.816. The molecule has 21 heavy (non-hydrogen) atoms. The Morgan fingerprint density at radius 2 is 2.05 bits per heavy atom. The van der Waals surface area contributed by atoms with Gasteiger partial charge in [0.05, 0.1) is 18.4 Å². The van der Waals surface area contributed by atoms with Gasteiger partial charge in [0, 0.05) is 15.9 Å². The molecule has 0 bridgehead atoms. The maximum Gasteiger partial charge on any atom is 0.336 e. The van der Waals surface area contributed by atoms with Gasteiger partial charge in [-0.1, -0.05) is 15.9 Å². The van der Waals surface area contributed by atoms with Crippen molar-refractivity contribution in [1.29, 1.82) is 0 Å². The lowest BCUT2D eigenvalue weighted by molar-refractivity contribution is 0.0697. The first-order valence-corrected chi connectivity index (χ1v) is 8.66. The van der Waals surface area contributed by atoms with Crippen LogP contribution in [0.5, 0.6) is 5.75 Å². The van der Waals surface area contributed by atoms with E-state index in [1.54, 1.807) is 12.1 Å². The summed E-state index contributed by atoms with van der Waals surface area (Å²) in [5.41, 5.74) is 0.249. The number of rotatable bonds is 5. The molecule has 0 aliphatic heterocycles. The van der Waals surface area contributed by atoms with Crippen molar-refractivity contribution in [2.24, 2.45) is 0 Å². The van der Waals surface area contributed by atoms with E-state index in [9.17, 15) is 13.2 Å². The minimum atomic E-state index is -3.84. The Kier molecular flexibility index (Phi) is 4.55. The molecule has 1 aromatic carbocycles. The summed E-state index contributed by atoms with van der Waals surface area (Å²) in [6.07, 6.45) is 0. The number of thiophene rings is 1. The zero-order chi connectivity index (χ0) is 15.6. The molecule has 0 unspecified atom stereocenters. The van der Waals surface area contributed by atoms with Gasteiger partial charge in [0.25, 0.3) is 10.0 Å². The van der Waals surface area contributed by atoms with E-state index in [-0.39, 0.29) is 9.77 Å². The van der Waals surface area contributed by atoms with Crippen molar-refractivity contribution >= 4 is 48.9 Å². The zero-order valence-electron chi connectivity index (χ0n) is 10.7. The molecule has 0 aliphatic rings. The molecule has 9 heteroatoms. The number of hydrogen-bond acceptors (Lipinski definition) is 5. The normalized spacial score (nSPS) is 11.1. The van der Waals surface area contributed by atoms with Crippen LogP contribution in [-0.4, -0.2) is 26.6 Å². The fourth-order valence-electron chi connectivity index (χ4n) is 1.51. The molecule has 1 heterocycles. The largest absolute Gasteiger partial charge is 0.497 e. The van der Waals surface area contributed by atoms with Crippen molar-refractivity contribution in [2.75, 3.05) is 11.8 Å². The summed E-state index contributed by atoms with van der Waals surface area (Å²) in [6, 6.07) is 5.90. The second-order valence-corrected chi connectivity index (χ2v) is 7.68. The van der Waals surface area contributed by atoms with Gasteiger partial charge in [0.1, 0.15) is 9.96 Å². The Bertz CT molecular complexity index is 785. The number of carboxylic acids is 1. The van der Waals surface area contributed by atoms with Gasteiger partial charge in [-0.25, -0.2) is 13.2 Å². The van der Waals surface area contributed by atoms with Gasteiger partial charge in [-0.15, -0.1) is 11.3 Å². The first kappa shape index (κ1) is 15.8. The van der Waals surface area contributed by atoms with E-state index < -0.39 is 16.0 Å². The third kappa shape index (κ3) is 3.74. The van der Waals surface area contributed by atoms with Crippen LogP contribution in [-0.2, 0) is 10.0 Å². The van der Waals surface area contributed by atoms with E-state index in [4.69, 9.17) is 9.84 Å². The molecule has 0 fully saturated rings. The van der Waals surface area contributed by atoms with Crippen LogP contribution in [0.25, 0.3) is 0 Å². The number of ether oxygens (including phenoxy) is 1. The number of hydrogen-bond donors (Lipinski definition) is 2. The van der Waals surface area contributed by atoms with Crippen molar-refractivity contribution in [3.63, 3.8) is 0 Å². The second-order valence-electron chi connectivity index (χ2n) is 3.94. The van der Waals surface area contributed by atoms with Crippen LogP contribution in [0.2, 0.25) is 0 Å². The SMILES string of the molecule is COc1cc(Br)cc(NS(=O)(=O)c2cc(C(=O)O)cs2)c1. The topological polar surface area (TPSA) is 92.7 Å². The monoisotopic (exact) mass is 391 g/mol. The van der Waals surface area contributed by atoms with Gasteiger partial charge in [-0.05, 0) is 18.2 Å². The third-order valence-electron chi connectivity index (χ3n) is 2.45. The molecule has 0 amide bonds. The van der Waals surface area contributed by atoms with Crippen LogP contribution in [0, 0.1) is 0 Å². The van der Waals surface area contributed by atoms with Crippen LogP contribution in [0.3, 0.4) is 0 Å². The van der Waals surface area contributed by atoms with Gasteiger partial charge < -0.3 is 9.84 Å². The van der Waals surface area contributed by atoms with Crippen LogP contribution in [0.4, 0.5) is 5.69 Å². The van der Waals surface area contributed by atoms with Crippen molar-refractivity contribution in [1.82, 2.24) is 0 Å². The van der Waals surface area contributed by atoms with E-state index in [2.05, 4.69) is 20.7 Å². The van der Waals surface area contributed by atoms with E-state index in [1.807, 2.05) is 0 Å². The minimum absolute atomic E-state index is 0.0628. The third-order valence-corrected chi connectivity index (χ3v) is 5.73. The molecule has 2 rings (SSSR count). The molecular formula is C12H10BrNO5S2. The zero-order valence-corrected chi connectivity index (χ0v) is 13.9. The highest BCUT2D eigenvalue weighted by Crippen LogP contribution is 2.28. The Balaban J connectivity index is 2.32. The van der Waals surface area contributed by atoms with Crippen LogP contribution < -0.4 is 9.46 Å². The fraction of sp³-hybridized carbons (Fsp3) is 0.0833. The number of sulfonamides is 1. The minimum Gasteiger partial charge on any atom is -0.497 e. The van der Waals surface area contributed by atoms with Crippen LogP contribution in [0.15, 0.2) is 38.3 Å². The number of carbonyl (C=O) groups is 1.